The number of carbonyl (C=O) groups excluding carboxylic acids is 2. The van der Waals surface area contributed by atoms with Crippen LogP contribution in [-0.2, 0) is 9.59 Å². The zero-order valence-corrected chi connectivity index (χ0v) is 10.3. The largest absolute Gasteiger partial charge is 0.316 e. The van der Waals surface area contributed by atoms with Crippen molar-refractivity contribution in [1.29, 1.82) is 0 Å². The van der Waals surface area contributed by atoms with Gasteiger partial charge in [-0.15, -0.1) is 0 Å². The summed E-state index contributed by atoms with van der Waals surface area (Å²) in [6.45, 7) is 0. The Kier molecular flexibility index (Phi) is 3.82. The lowest BCUT2D eigenvalue weighted by molar-refractivity contribution is -0.134. The Labute approximate surface area is 110 Å². The van der Waals surface area contributed by atoms with Crippen LogP contribution in [0.25, 0.3) is 0 Å². The Hall–Kier alpha value is -2.76. The van der Waals surface area contributed by atoms with Crippen molar-refractivity contribution in [3.8, 4) is 0 Å². The molecule has 1 aromatic heterocycles. The van der Waals surface area contributed by atoms with E-state index in [1.165, 1.54) is 24.3 Å². The molecule has 1 N–H and O–H groups in total. The lowest BCUT2D eigenvalue weighted by Gasteiger charge is -2.16. The molecule has 6 heteroatoms. The van der Waals surface area contributed by atoms with Crippen molar-refractivity contribution in [2.24, 2.45) is 0 Å². The third kappa shape index (κ3) is 3.12. The quantitative estimate of drug-likeness (QED) is 0.816. The molecular formula is C13H12N4O2. The number of nitrogens with one attached hydrogen (secondary N) is 1. The van der Waals surface area contributed by atoms with Crippen LogP contribution < -0.4 is 10.2 Å². The molecule has 0 radical (unpaired) electrons. The first-order valence-electron chi connectivity index (χ1n) is 5.59. The third-order valence-electron chi connectivity index (χ3n) is 2.43. The smallest absolute Gasteiger partial charge is 0.307 e. The molecule has 0 aliphatic carbocycles. The van der Waals surface area contributed by atoms with Crippen LogP contribution in [0.4, 0.5) is 11.6 Å². The SMILES string of the molecule is CN(C(=O)C(=O)Nc1ncccn1)c1ccccc1. The summed E-state index contributed by atoms with van der Waals surface area (Å²) in [5.74, 6) is -1.36. The number of aromatic nitrogens is 2. The molecule has 0 aliphatic heterocycles. The molecule has 1 aromatic carbocycles. The minimum atomic E-state index is -0.780. The average molecular weight is 256 g/mol. The lowest BCUT2D eigenvalue weighted by Crippen LogP contribution is -2.37. The standard InChI is InChI=1S/C13H12N4O2/c1-17(10-6-3-2-4-7-10)12(19)11(18)16-13-14-8-5-9-15-13/h2-9H,1H3,(H,14,15,16,18). The fourth-order valence-corrected chi connectivity index (χ4v) is 1.44. The number of amides is 2. The number of carbonyl (C=O) groups is 2. The second-order valence-corrected chi connectivity index (χ2v) is 3.73. The maximum absolute atomic E-state index is 11.9. The molecule has 0 atom stereocenters. The highest BCUT2D eigenvalue weighted by molar-refractivity contribution is 6.44. The Morgan fingerprint density at radius 1 is 1.05 bits per heavy atom. The van der Waals surface area contributed by atoms with E-state index in [2.05, 4.69) is 15.3 Å². The molecule has 2 rings (SSSR count). The number of nitrogens with zero attached hydrogens (tertiary/aromatic N) is 3. The van der Waals surface area contributed by atoms with Gasteiger partial charge in [0.2, 0.25) is 5.95 Å². The highest BCUT2D eigenvalue weighted by Gasteiger charge is 2.20. The average Bonchev–Trinajstić information content (AvgIpc) is 2.47. The number of likely N-dealkylation sites (N-methyl/N-ethyl adjacent to an activating group) is 1. The molecule has 0 unspecified atom stereocenters. The number of para-hydroxylation sites is 1. The summed E-state index contributed by atoms with van der Waals surface area (Å²) >= 11 is 0. The normalized spacial score (nSPS) is 9.74. The van der Waals surface area contributed by atoms with E-state index in [4.69, 9.17) is 0 Å². The van der Waals surface area contributed by atoms with Gasteiger partial charge >= 0.3 is 11.8 Å². The molecule has 0 aliphatic rings. The van der Waals surface area contributed by atoms with Crippen LogP contribution in [0.3, 0.4) is 0 Å². The maximum atomic E-state index is 11.9. The van der Waals surface area contributed by atoms with E-state index in [-0.39, 0.29) is 5.95 Å². The summed E-state index contributed by atoms with van der Waals surface area (Å²) in [6, 6.07) is 10.5. The minimum absolute atomic E-state index is 0.0994. The van der Waals surface area contributed by atoms with Crippen LogP contribution in [0.15, 0.2) is 48.8 Å². The summed E-state index contributed by atoms with van der Waals surface area (Å²) in [6.07, 6.45) is 2.96. The summed E-state index contributed by atoms with van der Waals surface area (Å²) in [4.78, 5) is 32.6. The molecule has 2 aromatic rings. The molecule has 6 nitrogen and oxygen atoms in total. The maximum Gasteiger partial charge on any atom is 0.316 e. The van der Waals surface area contributed by atoms with E-state index in [0.29, 0.717) is 5.69 Å². The van der Waals surface area contributed by atoms with Gasteiger partial charge in [-0.1, -0.05) is 18.2 Å². The van der Waals surface area contributed by atoms with E-state index in [1.807, 2.05) is 6.07 Å². The fraction of sp³-hybridized carbons (Fsp3) is 0.0769. The van der Waals surface area contributed by atoms with Crippen LogP contribution in [0.1, 0.15) is 0 Å². The predicted octanol–water partition coefficient (Wildman–Crippen LogP) is 1.08. The Balaban J connectivity index is 2.06. The number of hydrogen-bond donors (Lipinski definition) is 1. The van der Waals surface area contributed by atoms with Crippen LogP contribution in [-0.4, -0.2) is 28.8 Å². The summed E-state index contributed by atoms with van der Waals surface area (Å²) in [5, 5.41) is 2.34. The van der Waals surface area contributed by atoms with E-state index in [1.54, 1.807) is 30.3 Å². The van der Waals surface area contributed by atoms with Crippen LogP contribution >= 0.6 is 0 Å². The number of rotatable bonds is 2. The topological polar surface area (TPSA) is 75.2 Å². The first-order valence-corrected chi connectivity index (χ1v) is 5.59. The van der Waals surface area contributed by atoms with E-state index >= 15 is 0 Å². The van der Waals surface area contributed by atoms with E-state index in [0.717, 1.165) is 0 Å². The van der Waals surface area contributed by atoms with Crippen molar-refractivity contribution in [2.45, 2.75) is 0 Å². The summed E-state index contributed by atoms with van der Waals surface area (Å²) < 4.78 is 0. The molecule has 0 bridgehead atoms. The zero-order chi connectivity index (χ0) is 13.7. The van der Waals surface area contributed by atoms with E-state index < -0.39 is 11.8 Å². The molecular weight excluding hydrogens is 244 g/mol. The van der Waals surface area contributed by atoms with Crippen molar-refractivity contribution in [1.82, 2.24) is 9.97 Å². The van der Waals surface area contributed by atoms with Gasteiger partial charge in [-0.05, 0) is 18.2 Å². The number of anilines is 2. The van der Waals surface area contributed by atoms with Crippen molar-refractivity contribution in [3.05, 3.63) is 48.8 Å². The van der Waals surface area contributed by atoms with Gasteiger partial charge in [-0.3, -0.25) is 14.9 Å². The molecule has 1 heterocycles. The monoisotopic (exact) mass is 256 g/mol. The molecule has 0 spiro atoms. The molecule has 0 saturated heterocycles. The Morgan fingerprint density at radius 2 is 1.68 bits per heavy atom. The lowest BCUT2D eigenvalue weighted by atomic mass is 10.3. The van der Waals surface area contributed by atoms with Crippen molar-refractivity contribution >= 4 is 23.5 Å². The second kappa shape index (κ2) is 5.72. The first kappa shape index (κ1) is 12.7. The molecule has 2 amide bonds. The van der Waals surface area contributed by atoms with Gasteiger partial charge in [-0.25, -0.2) is 9.97 Å². The predicted molar refractivity (Wildman–Crippen MR) is 70.5 cm³/mol. The van der Waals surface area contributed by atoms with Crippen LogP contribution in [0, 0.1) is 0 Å². The van der Waals surface area contributed by atoms with Gasteiger partial charge in [0.05, 0.1) is 0 Å². The number of hydrogen-bond acceptors (Lipinski definition) is 4. The third-order valence-corrected chi connectivity index (χ3v) is 2.43. The highest BCUT2D eigenvalue weighted by Crippen LogP contribution is 2.11. The summed E-state index contributed by atoms with van der Waals surface area (Å²) in [7, 11) is 1.53. The molecule has 96 valence electrons. The molecule has 19 heavy (non-hydrogen) atoms. The van der Waals surface area contributed by atoms with Crippen LogP contribution in [0.5, 0.6) is 0 Å². The van der Waals surface area contributed by atoms with Crippen molar-refractivity contribution in [2.75, 3.05) is 17.3 Å². The van der Waals surface area contributed by atoms with E-state index in [9.17, 15) is 9.59 Å². The molecule has 0 fully saturated rings. The van der Waals surface area contributed by atoms with Gasteiger partial charge in [0.25, 0.3) is 0 Å². The molecule has 0 saturated carbocycles. The van der Waals surface area contributed by atoms with Gasteiger partial charge in [0.1, 0.15) is 0 Å². The number of benzene rings is 1. The van der Waals surface area contributed by atoms with Crippen molar-refractivity contribution < 1.29 is 9.59 Å². The Morgan fingerprint density at radius 3 is 2.32 bits per heavy atom. The van der Waals surface area contributed by atoms with Gasteiger partial charge < -0.3 is 4.90 Å². The summed E-state index contributed by atoms with van der Waals surface area (Å²) in [5.41, 5.74) is 0.636. The van der Waals surface area contributed by atoms with Crippen molar-refractivity contribution in [3.63, 3.8) is 0 Å². The second-order valence-electron chi connectivity index (χ2n) is 3.73. The fourth-order valence-electron chi connectivity index (χ4n) is 1.44. The minimum Gasteiger partial charge on any atom is -0.307 e. The Bertz CT molecular complexity index is 572. The highest BCUT2D eigenvalue weighted by atomic mass is 16.2. The zero-order valence-electron chi connectivity index (χ0n) is 10.3. The first-order chi connectivity index (χ1) is 9.18. The van der Waals surface area contributed by atoms with Gasteiger partial charge in [0, 0.05) is 25.1 Å². The van der Waals surface area contributed by atoms with Gasteiger partial charge in [0.15, 0.2) is 0 Å². The van der Waals surface area contributed by atoms with Gasteiger partial charge in [-0.2, -0.15) is 0 Å². The van der Waals surface area contributed by atoms with Crippen LogP contribution in [0.2, 0.25) is 0 Å².